The highest BCUT2D eigenvalue weighted by molar-refractivity contribution is 6.31. The molecule has 0 radical (unpaired) electrons. The van der Waals surface area contributed by atoms with Crippen molar-refractivity contribution in [1.82, 2.24) is 0 Å². The highest BCUT2D eigenvalue weighted by Gasteiger charge is 2.02. The Morgan fingerprint density at radius 2 is 1.78 bits per heavy atom. The molecular weight excluding hydrogens is 248 g/mol. The third-order valence-electron chi connectivity index (χ3n) is 2.65. The lowest BCUT2D eigenvalue weighted by atomic mass is 10.1. The lowest BCUT2D eigenvalue weighted by Crippen LogP contribution is -1.88. The minimum Gasteiger partial charge on any atom is -0.457 e. The summed E-state index contributed by atoms with van der Waals surface area (Å²) in [5, 5.41) is 0.751. The third-order valence-corrected chi connectivity index (χ3v) is 3.02. The minimum absolute atomic E-state index is 0.632. The first-order chi connectivity index (χ1) is 8.72. The minimum atomic E-state index is 0.632. The molecule has 0 N–H and O–H groups in total. The topological polar surface area (TPSA) is 26.3 Å². The molecule has 2 nitrogen and oxygen atoms in total. The van der Waals surface area contributed by atoms with Crippen LogP contribution in [0.5, 0.6) is 11.5 Å². The van der Waals surface area contributed by atoms with Gasteiger partial charge < -0.3 is 4.74 Å². The van der Waals surface area contributed by atoms with Crippen molar-refractivity contribution >= 4 is 17.9 Å². The number of aryl methyl sites for hydroxylation is 1. The van der Waals surface area contributed by atoms with E-state index < -0.39 is 0 Å². The number of halogens is 1. The van der Waals surface area contributed by atoms with Crippen LogP contribution in [-0.2, 0) is 6.42 Å². The monoisotopic (exact) mass is 260 g/mol. The highest BCUT2D eigenvalue weighted by Crippen LogP contribution is 2.26. The summed E-state index contributed by atoms with van der Waals surface area (Å²) in [4.78, 5) is 10.5. The van der Waals surface area contributed by atoms with Gasteiger partial charge in [-0.25, -0.2) is 0 Å². The Morgan fingerprint density at radius 1 is 1.11 bits per heavy atom. The van der Waals surface area contributed by atoms with Gasteiger partial charge in [0.1, 0.15) is 17.8 Å². The number of benzene rings is 2. The van der Waals surface area contributed by atoms with Crippen molar-refractivity contribution in [2.75, 3.05) is 0 Å². The Bertz CT molecular complexity index is 547. The van der Waals surface area contributed by atoms with Crippen LogP contribution < -0.4 is 4.74 Å². The fourth-order valence-corrected chi connectivity index (χ4v) is 1.89. The molecule has 0 amide bonds. The van der Waals surface area contributed by atoms with Crippen molar-refractivity contribution < 1.29 is 9.53 Å². The van der Waals surface area contributed by atoms with Crippen LogP contribution in [0.15, 0.2) is 42.5 Å². The van der Waals surface area contributed by atoms with Gasteiger partial charge in [-0.3, -0.25) is 4.79 Å². The Labute approximate surface area is 111 Å². The van der Waals surface area contributed by atoms with Crippen LogP contribution >= 0.6 is 11.6 Å². The normalized spacial score (nSPS) is 10.1. The first-order valence-corrected chi connectivity index (χ1v) is 6.12. The molecule has 2 rings (SSSR count). The van der Waals surface area contributed by atoms with Crippen molar-refractivity contribution in [3.8, 4) is 11.5 Å². The molecule has 0 aromatic heterocycles. The van der Waals surface area contributed by atoms with Crippen LogP contribution in [0, 0.1) is 0 Å². The fraction of sp³-hybridized carbons (Fsp3) is 0.133. The van der Waals surface area contributed by atoms with Crippen molar-refractivity contribution in [3.05, 3.63) is 58.6 Å². The number of aldehydes is 1. The van der Waals surface area contributed by atoms with E-state index in [0.29, 0.717) is 11.3 Å². The smallest absolute Gasteiger partial charge is 0.150 e. The Hall–Kier alpha value is -1.80. The van der Waals surface area contributed by atoms with Crippen molar-refractivity contribution in [2.45, 2.75) is 13.3 Å². The van der Waals surface area contributed by atoms with Gasteiger partial charge in [0.15, 0.2) is 0 Å². The molecule has 2 aromatic carbocycles. The molecule has 0 bridgehead atoms. The molecular formula is C15H13ClO2. The van der Waals surface area contributed by atoms with E-state index in [0.717, 1.165) is 29.0 Å². The highest BCUT2D eigenvalue weighted by atomic mass is 35.5. The molecule has 0 aliphatic heterocycles. The maximum absolute atomic E-state index is 10.5. The lowest BCUT2D eigenvalue weighted by molar-refractivity contribution is 0.112. The summed E-state index contributed by atoms with van der Waals surface area (Å²) >= 11 is 6.04. The van der Waals surface area contributed by atoms with Crippen molar-refractivity contribution in [1.29, 1.82) is 0 Å². The van der Waals surface area contributed by atoms with Crippen molar-refractivity contribution in [2.24, 2.45) is 0 Å². The molecule has 18 heavy (non-hydrogen) atoms. The van der Waals surface area contributed by atoms with Crippen LogP contribution in [0.2, 0.25) is 5.02 Å². The molecule has 3 heteroatoms. The molecule has 0 fully saturated rings. The van der Waals surface area contributed by atoms with Crippen LogP contribution in [0.4, 0.5) is 0 Å². The van der Waals surface area contributed by atoms with Gasteiger partial charge in [0.2, 0.25) is 0 Å². The second-order valence-corrected chi connectivity index (χ2v) is 4.30. The molecule has 2 aromatic rings. The fourth-order valence-electron chi connectivity index (χ4n) is 1.64. The van der Waals surface area contributed by atoms with Crippen LogP contribution in [0.25, 0.3) is 0 Å². The van der Waals surface area contributed by atoms with E-state index >= 15 is 0 Å². The van der Waals surface area contributed by atoms with Crippen molar-refractivity contribution in [3.63, 3.8) is 0 Å². The number of carbonyl (C=O) groups is 1. The zero-order valence-electron chi connectivity index (χ0n) is 10.0. The molecule has 0 saturated carbocycles. The van der Waals surface area contributed by atoms with Gasteiger partial charge >= 0.3 is 0 Å². The first kappa shape index (κ1) is 12.7. The molecule has 0 saturated heterocycles. The average Bonchev–Trinajstić information content (AvgIpc) is 2.42. The van der Waals surface area contributed by atoms with E-state index in [2.05, 4.69) is 0 Å². The van der Waals surface area contributed by atoms with E-state index in [1.54, 1.807) is 24.3 Å². The average molecular weight is 261 g/mol. The Balaban J connectivity index is 2.19. The maximum Gasteiger partial charge on any atom is 0.150 e. The van der Waals surface area contributed by atoms with Gasteiger partial charge in [0, 0.05) is 10.6 Å². The molecule has 0 atom stereocenters. The van der Waals surface area contributed by atoms with Crippen LogP contribution in [0.1, 0.15) is 22.8 Å². The summed E-state index contributed by atoms with van der Waals surface area (Å²) in [6.07, 6.45) is 1.67. The van der Waals surface area contributed by atoms with Crippen LogP contribution in [0.3, 0.4) is 0 Å². The summed E-state index contributed by atoms with van der Waals surface area (Å²) in [7, 11) is 0. The number of carbonyl (C=O) groups excluding carboxylic acids is 1. The number of ether oxygens (including phenoxy) is 1. The molecule has 0 aliphatic rings. The zero-order chi connectivity index (χ0) is 13.0. The predicted molar refractivity (Wildman–Crippen MR) is 72.7 cm³/mol. The van der Waals surface area contributed by atoms with E-state index in [-0.39, 0.29) is 0 Å². The second kappa shape index (κ2) is 5.69. The van der Waals surface area contributed by atoms with E-state index in [1.165, 1.54) is 0 Å². The quantitative estimate of drug-likeness (QED) is 0.756. The Morgan fingerprint density at radius 3 is 2.39 bits per heavy atom. The third kappa shape index (κ3) is 2.90. The molecule has 0 unspecified atom stereocenters. The van der Waals surface area contributed by atoms with Gasteiger partial charge in [0.05, 0.1) is 0 Å². The standard InChI is InChI=1S/C15H13ClO2/c1-2-12-9-14(7-8-15(12)16)18-13-5-3-11(10-17)4-6-13/h3-10H,2H2,1H3. The predicted octanol–water partition coefficient (Wildman–Crippen LogP) is 4.51. The largest absolute Gasteiger partial charge is 0.457 e. The van der Waals surface area contributed by atoms with E-state index in [4.69, 9.17) is 16.3 Å². The number of rotatable bonds is 4. The molecule has 0 heterocycles. The summed E-state index contributed by atoms with van der Waals surface area (Å²) in [6.45, 7) is 2.05. The van der Waals surface area contributed by atoms with E-state index in [1.807, 2.05) is 25.1 Å². The summed E-state index contributed by atoms with van der Waals surface area (Å²) in [5.74, 6) is 1.44. The van der Waals surface area contributed by atoms with E-state index in [9.17, 15) is 4.79 Å². The van der Waals surface area contributed by atoms with Gasteiger partial charge in [-0.1, -0.05) is 18.5 Å². The first-order valence-electron chi connectivity index (χ1n) is 5.74. The number of hydrogen-bond acceptors (Lipinski definition) is 2. The van der Waals surface area contributed by atoms with Crippen LogP contribution in [-0.4, -0.2) is 6.29 Å². The second-order valence-electron chi connectivity index (χ2n) is 3.90. The van der Waals surface area contributed by atoms with Gasteiger partial charge in [-0.15, -0.1) is 0 Å². The maximum atomic E-state index is 10.5. The van der Waals surface area contributed by atoms with Gasteiger partial charge in [-0.05, 0) is 54.4 Å². The zero-order valence-corrected chi connectivity index (χ0v) is 10.8. The molecule has 0 aliphatic carbocycles. The van der Waals surface area contributed by atoms with Gasteiger partial charge in [0.25, 0.3) is 0 Å². The molecule has 0 spiro atoms. The SMILES string of the molecule is CCc1cc(Oc2ccc(C=O)cc2)ccc1Cl. The van der Waals surface area contributed by atoms with Gasteiger partial charge in [-0.2, -0.15) is 0 Å². The summed E-state index contributed by atoms with van der Waals surface area (Å²) in [6, 6.07) is 12.6. The summed E-state index contributed by atoms with van der Waals surface area (Å²) < 4.78 is 5.70. The molecule has 92 valence electrons. The lowest BCUT2D eigenvalue weighted by Gasteiger charge is -2.08. The summed E-state index contributed by atoms with van der Waals surface area (Å²) in [5.41, 5.74) is 1.69. The Kier molecular flexibility index (Phi) is 4.00. The number of hydrogen-bond donors (Lipinski definition) is 0.